The quantitative estimate of drug-likeness (QED) is 0.159. The predicted molar refractivity (Wildman–Crippen MR) is 156 cm³/mol. The smallest absolute Gasteiger partial charge is 0.451 e. The van der Waals surface area contributed by atoms with Gasteiger partial charge in [0.2, 0.25) is 11.7 Å². The normalized spacial score (nSPS) is 13.0. The molecule has 0 spiro atoms. The van der Waals surface area contributed by atoms with Crippen LogP contribution in [-0.4, -0.2) is 46.8 Å². The molecule has 0 fully saturated rings. The SMILES string of the molecule is CC(C)(C)CC(=O)C(C)(C)COc1ccc(-c2ccc(-c3nc(C(F)(F)F)n(COCC[Si](C)(C)C)n3)cc2)cn1. The molecule has 0 saturated heterocycles. The summed E-state index contributed by atoms with van der Waals surface area (Å²) in [6.45, 7) is 16.6. The van der Waals surface area contributed by atoms with E-state index in [1.54, 1.807) is 36.5 Å². The van der Waals surface area contributed by atoms with E-state index in [9.17, 15) is 18.0 Å². The van der Waals surface area contributed by atoms with Crippen LogP contribution in [-0.2, 0) is 22.4 Å². The Kier molecular flexibility index (Phi) is 9.85. The number of Topliss-reactive ketones (excluding diaryl/α,β-unsaturated/α-hetero) is 1. The molecule has 0 radical (unpaired) electrons. The van der Waals surface area contributed by atoms with Crippen molar-refractivity contribution in [2.75, 3.05) is 13.2 Å². The maximum atomic E-state index is 13.6. The van der Waals surface area contributed by atoms with Crippen molar-refractivity contribution in [3.63, 3.8) is 0 Å². The van der Waals surface area contributed by atoms with Crippen molar-refractivity contribution in [1.82, 2.24) is 19.7 Å². The molecular weight excluding hydrogens is 549 g/mol. The first-order valence-corrected chi connectivity index (χ1v) is 17.4. The monoisotopic (exact) mass is 590 g/mol. The van der Waals surface area contributed by atoms with Crippen LogP contribution in [0.25, 0.3) is 22.5 Å². The van der Waals surface area contributed by atoms with Crippen molar-refractivity contribution in [2.24, 2.45) is 10.8 Å². The molecular formula is C30H41F3N4O3Si. The molecule has 3 aromatic rings. The van der Waals surface area contributed by atoms with E-state index in [1.807, 2.05) is 40.7 Å². The zero-order valence-electron chi connectivity index (χ0n) is 25.2. The van der Waals surface area contributed by atoms with Crippen LogP contribution in [0.5, 0.6) is 5.88 Å². The van der Waals surface area contributed by atoms with E-state index in [2.05, 4.69) is 34.7 Å². The highest BCUT2D eigenvalue weighted by molar-refractivity contribution is 6.76. The summed E-state index contributed by atoms with van der Waals surface area (Å²) in [6.07, 6.45) is -2.54. The Hall–Kier alpha value is -3.05. The Morgan fingerprint density at radius 3 is 2.07 bits per heavy atom. The molecule has 1 aromatic carbocycles. The molecule has 0 aliphatic rings. The van der Waals surface area contributed by atoms with Crippen molar-refractivity contribution < 1.29 is 27.4 Å². The third kappa shape index (κ3) is 9.77. The zero-order chi connectivity index (χ0) is 30.6. The fraction of sp³-hybridized carbons (Fsp3) is 0.533. The largest absolute Gasteiger partial charge is 0.477 e. The summed E-state index contributed by atoms with van der Waals surface area (Å²) in [5.74, 6) is -0.572. The average Bonchev–Trinajstić information content (AvgIpc) is 3.29. The van der Waals surface area contributed by atoms with Gasteiger partial charge in [0, 0.05) is 44.5 Å². The zero-order valence-corrected chi connectivity index (χ0v) is 26.2. The second-order valence-corrected chi connectivity index (χ2v) is 19.0. The van der Waals surface area contributed by atoms with Gasteiger partial charge in [0.1, 0.15) is 19.1 Å². The van der Waals surface area contributed by atoms with Gasteiger partial charge in [0.25, 0.3) is 0 Å². The second-order valence-electron chi connectivity index (χ2n) is 13.4. The van der Waals surface area contributed by atoms with Crippen LogP contribution in [0, 0.1) is 10.8 Å². The molecule has 0 aliphatic heterocycles. The first-order valence-electron chi connectivity index (χ1n) is 13.7. The van der Waals surface area contributed by atoms with E-state index >= 15 is 0 Å². The molecule has 0 atom stereocenters. The lowest BCUT2D eigenvalue weighted by atomic mass is 9.79. The molecule has 3 rings (SSSR count). The van der Waals surface area contributed by atoms with Gasteiger partial charge in [-0.05, 0) is 36.9 Å². The lowest BCUT2D eigenvalue weighted by molar-refractivity contribution is -0.150. The molecule has 0 amide bonds. The molecule has 2 heterocycles. The van der Waals surface area contributed by atoms with Crippen LogP contribution in [0.1, 0.15) is 46.9 Å². The number of pyridine rings is 1. The maximum absolute atomic E-state index is 13.6. The van der Waals surface area contributed by atoms with Crippen LogP contribution in [0.2, 0.25) is 25.7 Å². The van der Waals surface area contributed by atoms with E-state index in [1.165, 1.54) is 0 Å². The third-order valence-corrected chi connectivity index (χ3v) is 8.08. The van der Waals surface area contributed by atoms with Crippen molar-refractivity contribution in [3.05, 3.63) is 48.4 Å². The fourth-order valence-corrected chi connectivity index (χ4v) is 4.55. The molecule has 0 N–H and O–H groups in total. The molecule has 0 aliphatic carbocycles. The third-order valence-electron chi connectivity index (χ3n) is 6.37. The molecule has 0 saturated carbocycles. The predicted octanol–water partition coefficient (Wildman–Crippen LogP) is 7.75. The van der Waals surface area contributed by atoms with Gasteiger partial charge in [0.15, 0.2) is 5.82 Å². The van der Waals surface area contributed by atoms with E-state index in [-0.39, 0.29) is 30.4 Å². The standard InChI is InChI=1S/C30H41F3N4O3Si/c1-28(2,3)17-24(38)29(4,5)19-40-25-14-13-23(18-34-25)21-9-11-22(12-10-21)26-35-27(30(31,32)33)37(36-26)20-39-15-16-41(6,7)8/h9-14,18H,15-17,19-20H2,1-8H3. The van der Waals surface area contributed by atoms with Gasteiger partial charge in [-0.1, -0.05) is 64.7 Å². The topological polar surface area (TPSA) is 79.1 Å². The first-order chi connectivity index (χ1) is 18.8. The summed E-state index contributed by atoms with van der Waals surface area (Å²) in [5.41, 5.74) is 1.34. The van der Waals surface area contributed by atoms with Crippen LogP contribution in [0.15, 0.2) is 42.6 Å². The number of hydrogen-bond donors (Lipinski definition) is 0. The lowest BCUT2D eigenvalue weighted by Crippen LogP contribution is -2.33. The van der Waals surface area contributed by atoms with Crippen LogP contribution in [0.3, 0.4) is 0 Å². The number of alkyl halides is 3. The van der Waals surface area contributed by atoms with Crippen LogP contribution >= 0.6 is 0 Å². The number of halogens is 3. The molecule has 2 aromatic heterocycles. The molecule has 41 heavy (non-hydrogen) atoms. The van der Waals surface area contributed by atoms with Crippen LogP contribution < -0.4 is 4.74 Å². The number of carbonyl (C=O) groups excluding carboxylic acids is 1. The number of nitrogens with zero attached hydrogens (tertiary/aromatic N) is 4. The van der Waals surface area contributed by atoms with Gasteiger partial charge in [0.05, 0.1) is 5.41 Å². The molecule has 7 nitrogen and oxygen atoms in total. The fourth-order valence-electron chi connectivity index (χ4n) is 3.80. The van der Waals surface area contributed by atoms with E-state index < -0.39 is 25.5 Å². The number of benzene rings is 1. The highest BCUT2D eigenvalue weighted by Gasteiger charge is 2.38. The lowest BCUT2D eigenvalue weighted by Gasteiger charge is -2.27. The summed E-state index contributed by atoms with van der Waals surface area (Å²) in [5, 5.41) is 4.09. The van der Waals surface area contributed by atoms with Gasteiger partial charge in [-0.15, -0.1) is 5.10 Å². The van der Waals surface area contributed by atoms with Crippen molar-refractivity contribution >= 4 is 13.9 Å². The number of carbonyl (C=O) groups is 1. The van der Waals surface area contributed by atoms with Crippen LogP contribution in [0.4, 0.5) is 13.2 Å². The minimum absolute atomic E-state index is 0.0248. The highest BCUT2D eigenvalue weighted by Crippen LogP contribution is 2.31. The van der Waals surface area contributed by atoms with Crippen molar-refractivity contribution in [1.29, 1.82) is 0 Å². The highest BCUT2D eigenvalue weighted by atomic mass is 28.3. The number of hydrogen-bond acceptors (Lipinski definition) is 6. The van der Waals surface area contributed by atoms with Crippen molar-refractivity contribution in [3.8, 4) is 28.4 Å². The summed E-state index contributed by atoms with van der Waals surface area (Å²) < 4.78 is 52.9. The summed E-state index contributed by atoms with van der Waals surface area (Å²) in [4.78, 5) is 20.8. The summed E-state index contributed by atoms with van der Waals surface area (Å²) in [6, 6.07) is 11.3. The molecule has 0 bridgehead atoms. The Morgan fingerprint density at radius 1 is 0.927 bits per heavy atom. The number of rotatable bonds is 12. The van der Waals surface area contributed by atoms with E-state index in [4.69, 9.17) is 9.47 Å². The summed E-state index contributed by atoms with van der Waals surface area (Å²) in [7, 11) is -1.37. The number of ether oxygens (including phenoxy) is 2. The minimum Gasteiger partial charge on any atom is -0.477 e. The maximum Gasteiger partial charge on any atom is 0.451 e. The van der Waals surface area contributed by atoms with E-state index in [0.29, 0.717) is 24.5 Å². The minimum atomic E-state index is -4.65. The van der Waals surface area contributed by atoms with Gasteiger partial charge in [-0.3, -0.25) is 4.79 Å². The first kappa shape index (κ1) is 32.5. The van der Waals surface area contributed by atoms with Gasteiger partial charge >= 0.3 is 6.18 Å². The van der Waals surface area contributed by atoms with E-state index in [0.717, 1.165) is 21.9 Å². The molecule has 224 valence electrons. The number of aromatic nitrogens is 4. The van der Waals surface area contributed by atoms with Gasteiger partial charge < -0.3 is 9.47 Å². The second kappa shape index (κ2) is 12.4. The Labute approximate surface area is 241 Å². The Morgan fingerprint density at radius 2 is 1.54 bits per heavy atom. The number of ketones is 1. The van der Waals surface area contributed by atoms with Gasteiger partial charge in [-0.25, -0.2) is 14.6 Å². The van der Waals surface area contributed by atoms with Gasteiger partial charge in [-0.2, -0.15) is 13.2 Å². The Bertz CT molecular complexity index is 1310. The van der Waals surface area contributed by atoms with Crippen molar-refractivity contribution in [2.45, 2.75) is 79.6 Å². The molecule has 11 heteroatoms. The average molecular weight is 591 g/mol. The molecule has 0 unspecified atom stereocenters. The summed E-state index contributed by atoms with van der Waals surface area (Å²) >= 11 is 0. The Balaban J connectivity index is 1.67.